The Hall–Kier alpha value is -0.480. The van der Waals surface area contributed by atoms with Crippen LogP contribution in [-0.4, -0.2) is 129 Å². The van der Waals surface area contributed by atoms with E-state index in [1.165, 1.54) is 0 Å². The molecule has 3 heterocycles. The van der Waals surface area contributed by atoms with E-state index in [4.69, 9.17) is 24.4 Å². The summed E-state index contributed by atoms with van der Waals surface area (Å²) in [4.78, 5) is 0. The molecule has 3 aliphatic rings. The molecule has 8 N–H and O–H groups in total. The minimum Gasteiger partial charge on any atom is -0.394 e. The zero-order chi connectivity index (χ0) is 19.5. The molecular weight excluding hydrogens is 360 g/mol. The van der Waals surface area contributed by atoms with Gasteiger partial charge in [-0.1, -0.05) is 0 Å². The summed E-state index contributed by atoms with van der Waals surface area (Å²) in [5, 5.41) is 76.7. The van der Waals surface area contributed by atoms with Crippen molar-refractivity contribution < 1.29 is 59.8 Å². The summed E-state index contributed by atoms with van der Waals surface area (Å²) in [6.07, 6.45) is -12.7. The van der Waals surface area contributed by atoms with Crippen LogP contribution in [0.15, 0.2) is 0 Å². The van der Waals surface area contributed by atoms with E-state index in [1.807, 2.05) is 0 Å². The van der Waals surface area contributed by atoms with Gasteiger partial charge in [0.05, 0.1) is 26.4 Å². The Balaban J connectivity index is 0.000000732. The first-order chi connectivity index (χ1) is 12.3. The van der Waals surface area contributed by atoms with Crippen LogP contribution in [0.25, 0.3) is 0 Å². The highest BCUT2D eigenvalue weighted by molar-refractivity contribution is 4.98. The highest BCUT2D eigenvalue weighted by Crippen LogP contribution is 2.35. The molecule has 0 spiro atoms. The van der Waals surface area contributed by atoms with E-state index in [1.54, 1.807) is 0 Å². The molecule has 0 aromatic heterocycles. The van der Waals surface area contributed by atoms with Crippen LogP contribution in [0.2, 0.25) is 0 Å². The van der Waals surface area contributed by atoms with E-state index in [2.05, 4.69) is 4.74 Å². The summed E-state index contributed by atoms with van der Waals surface area (Å²) in [6.45, 7) is -0.322. The summed E-state index contributed by atoms with van der Waals surface area (Å²) in [7, 11) is 0. The Labute approximate surface area is 148 Å². The van der Waals surface area contributed by atoms with E-state index in [-0.39, 0.29) is 0 Å². The van der Waals surface area contributed by atoms with E-state index in [9.17, 15) is 30.6 Å². The molecule has 0 bridgehead atoms. The molecule has 3 rings (SSSR count). The number of ether oxygens (including phenoxy) is 4. The minimum absolute atomic E-state index is 0.669. The Morgan fingerprint density at radius 2 is 1.38 bits per heavy atom. The lowest BCUT2D eigenvalue weighted by molar-refractivity contribution is -0.383. The maximum Gasteiger partial charge on any atom is 0.224 e. The maximum absolute atomic E-state index is 10.00. The zero-order valence-corrected chi connectivity index (χ0v) is 13.9. The van der Waals surface area contributed by atoms with Gasteiger partial charge in [-0.3, -0.25) is 0 Å². The Morgan fingerprint density at radius 3 is 1.81 bits per heavy atom. The second-order valence-corrected chi connectivity index (χ2v) is 6.17. The maximum atomic E-state index is 10.00. The summed E-state index contributed by atoms with van der Waals surface area (Å²) in [6, 6.07) is 0. The molecule has 26 heavy (non-hydrogen) atoms. The van der Waals surface area contributed by atoms with Gasteiger partial charge < -0.3 is 59.8 Å². The van der Waals surface area contributed by atoms with Crippen LogP contribution in [0.1, 0.15) is 0 Å². The van der Waals surface area contributed by atoms with Gasteiger partial charge in [0.2, 0.25) is 5.79 Å². The van der Waals surface area contributed by atoms with Crippen molar-refractivity contribution in [3.8, 4) is 0 Å². The van der Waals surface area contributed by atoms with E-state index in [0.29, 0.717) is 0 Å². The Bertz CT molecular complexity index is 431. The fourth-order valence-corrected chi connectivity index (χ4v) is 2.63. The van der Waals surface area contributed by atoms with Gasteiger partial charge in [-0.05, 0) is 0 Å². The third-order valence-corrected chi connectivity index (χ3v) is 4.27. The van der Waals surface area contributed by atoms with Gasteiger partial charge >= 0.3 is 0 Å². The van der Waals surface area contributed by atoms with Gasteiger partial charge in [0.1, 0.15) is 49.3 Å². The fourth-order valence-electron chi connectivity index (χ4n) is 2.63. The largest absolute Gasteiger partial charge is 0.394 e. The van der Waals surface area contributed by atoms with Crippen molar-refractivity contribution in [1.29, 1.82) is 0 Å². The molecule has 3 aliphatic heterocycles. The van der Waals surface area contributed by atoms with Crippen molar-refractivity contribution in [1.82, 2.24) is 0 Å². The average Bonchev–Trinajstić information content (AvgIpc) is 3.51. The third-order valence-electron chi connectivity index (χ3n) is 4.27. The second kappa shape index (κ2) is 9.14. The predicted molar refractivity (Wildman–Crippen MR) is 79.5 cm³/mol. The van der Waals surface area contributed by atoms with Crippen LogP contribution in [0.5, 0.6) is 0 Å². The normalized spacial score (nSPS) is 48.0. The molecule has 3 saturated heterocycles. The van der Waals surface area contributed by atoms with Crippen molar-refractivity contribution in [2.45, 2.75) is 54.8 Å². The molecule has 12 heteroatoms. The fraction of sp³-hybridized carbons (Fsp3) is 1.00. The Morgan fingerprint density at radius 1 is 0.808 bits per heavy atom. The lowest BCUT2D eigenvalue weighted by Gasteiger charge is -2.43. The first-order valence-corrected chi connectivity index (χ1v) is 8.13. The molecule has 0 aliphatic carbocycles. The zero-order valence-electron chi connectivity index (χ0n) is 13.9. The van der Waals surface area contributed by atoms with Crippen LogP contribution in [0.4, 0.5) is 0 Å². The van der Waals surface area contributed by atoms with Crippen molar-refractivity contribution in [2.75, 3.05) is 33.0 Å². The summed E-state index contributed by atoms with van der Waals surface area (Å²) < 4.78 is 19.9. The average molecular weight is 386 g/mol. The van der Waals surface area contributed by atoms with Gasteiger partial charge in [-0.25, -0.2) is 0 Å². The lowest BCUT2D eigenvalue weighted by Crippen LogP contribution is -2.62. The quantitative estimate of drug-likeness (QED) is 0.209. The first kappa shape index (κ1) is 21.8. The molecule has 0 aromatic carbocycles. The standard InChI is InChI=1S/C12H22O11.C2H4O/c13-1-4-6(16)8(18)9(19)11(21-4)23-12(3-15)10(20)7(17)5(2-14)22-12;1-2-3-1/h4-11,13-20H,1-3H2;1-2H2/t4-,5-,6-,7-,8+,9-,10+,11-,12+;/m1./s1. The van der Waals surface area contributed by atoms with Gasteiger partial charge in [-0.15, -0.1) is 0 Å². The summed E-state index contributed by atoms with van der Waals surface area (Å²) in [5.74, 6) is -2.22. The van der Waals surface area contributed by atoms with Gasteiger partial charge in [-0.2, -0.15) is 0 Å². The van der Waals surface area contributed by atoms with Crippen molar-refractivity contribution in [3.63, 3.8) is 0 Å². The van der Waals surface area contributed by atoms with E-state index in [0.717, 1.165) is 13.2 Å². The highest BCUT2D eigenvalue weighted by atomic mass is 16.8. The SMILES string of the molecule is C1CO1.OC[C@H]1O[C@@](CO)(O[C@H]2O[C@H](CO)[C@@H](O)[C@H](O)[C@H]2O)[C@@H](O)[C@@H]1O. The van der Waals surface area contributed by atoms with Crippen LogP contribution < -0.4 is 0 Å². The van der Waals surface area contributed by atoms with E-state index < -0.39 is 74.6 Å². The van der Waals surface area contributed by atoms with Crippen LogP contribution in [0, 0.1) is 0 Å². The van der Waals surface area contributed by atoms with Crippen LogP contribution in [0.3, 0.4) is 0 Å². The molecule has 0 saturated carbocycles. The number of epoxide rings is 1. The molecule has 0 radical (unpaired) electrons. The predicted octanol–water partition coefficient (Wildman–Crippen LogP) is -5.38. The number of rotatable bonds is 5. The van der Waals surface area contributed by atoms with Gasteiger partial charge in [0.15, 0.2) is 6.29 Å². The molecule has 0 aromatic rings. The van der Waals surface area contributed by atoms with Gasteiger partial charge in [0.25, 0.3) is 0 Å². The number of hydrogen-bond donors (Lipinski definition) is 8. The smallest absolute Gasteiger partial charge is 0.224 e. The minimum atomic E-state index is -2.22. The molecule has 3 fully saturated rings. The highest BCUT2D eigenvalue weighted by Gasteiger charge is 2.58. The molecular formula is C14H26O12. The number of hydrogen-bond acceptors (Lipinski definition) is 12. The number of aliphatic hydroxyl groups excluding tert-OH is 8. The molecule has 0 unspecified atom stereocenters. The van der Waals surface area contributed by atoms with Crippen LogP contribution >= 0.6 is 0 Å². The van der Waals surface area contributed by atoms with Crippen molar-refractivity contribution in [2.24, 2.45) is 0 Å². The first-order valence-electron chi connectivity index (χ1n) is 8.13. The second-order valence-electron chi connectivity index (χ2n) is 6.17. The monoisotopic (exact) mass is 386 g/mol. The number of aliphatic hydroxyl groups is 8. The molecule has 9 atom stereocenters. The lowest BCUT2D eigenvalue weighted by atomic mass is 9.99. The Kier molecular flexibility index (Phi) is 7.67. The third kappa shape index (κ3) is 4.49. The topological polar surface area (TPSA) is 202 Å². The van der Waals surface area contributed by atoms with E-state index >= 15 is 0 Å². The van der Waals surface area contributed by atoms with Gasteiger partial charge in [0, 0.05) is 0 Å². The molecule has 0 amide bonds. The summed E-state index contributed by atoms with van der Waals surface area (Å²) in [5.41, 5.74) is 0. The summed E-state index contributed by atoms with van der Waals surface area (Å²) >= 11 is 0. The van der Waals surface area contributed by atoms with Crippen molar-refractivity contribution in [3.05, 3.63) is 0 Å². The van der Waals surface area contributed by atoms with Crippen molar-refractivity contribution >= 4 is 0 Å². The van der Waals surface area contributed by atoms with Crippen LogP contribution in [-0.2, 0) is 18.9 Å². The molecule has 154 valence electrons. The molecule has 12 nitrogen and oxygen atoms in total.